The van der Waals surface area contributed by atoms with Crippen LogP contribution in [0.15, 0.2) is 24.3 Å². The lowest BCUT2D eigenvalue weighted by Gasteiger charge is -2.43. The lowest BCUT2D eigenvalue weighted by molar-refractivity contribution is -0.0337. The minimum atomic E-state index is -0.559. The molecular formula is C20H32N2O2. The first-order valence-electron chi connectivity index (χ1n) is 9.38. The molecule has 1 unspecified atom stereocenters. The molecule has 0 aromatic heterocycles. The fourth-order valence-corrected chi connectivity index (χ4v) is 4.22. The van der Waals surface area contributed by atoms with Gasteiger partial charge in [0, 0.05) is 38.6 Å². The molecule has 1 aliphatic heterocycles. The van der Waals surface area contributed by atoms with Crippen molar-refractivity contribution < 1.29 is 9.84 Å². The number of rotatable bonds is 5. The van der Waals surface area contributed by atoms with Gasteiger partial charge in [-0.05, 0) is 37.6 Å². The van der Waals surface area contributed by atoms with E-state index >= 15 is 0 Å². The van der Waals surface area contributed by atoms with E-state index in [0.717, 1.165) is 64.2 Å². The Kier molecular flexibility index (Phi) is 5.80. The first-order valence-corrected chi connectivity index (χ1v) is 9.38. The number of nitrogens with zero attached hydrogens (tertiary/aromatic N) is 2. The lowest BCUT2D eigenvalue weighted by atomic mass is 9.72. The van der Waals surface area contributed by atoms with E-state index in [0.29, 0.717) is 0 Å². The molecule has 1 heterocycles. The second-order valence-corrected chi connectivity index (χ2v) is 7.59. The van der Waals surface area contributed by atoms with Crippen LogP contribution in [0.25, 0.3) is 0 Å². The number of hydrogen-bond acceptors (Lipinski definition) is 4. The topological polar surface area (TPSA) is 35.9 Å². The minimum absolute atomic E-state index is 0.187. The molecular weight excluding hydrogens is 300 g/mol. The average Bonchev–Trinajstić information content (AvgIpc) is 2.62. The van der Waals surface area contributed by atoms with Crippen molar-refractivity contribution in [2.45, 2.75) is 43.6 Å². The van der Waals surface area contributed by atoms with Crippen LogP contribution < -0.4 is 4.74 Å². The summed E-state index contributed by atoms with van der Waals surface area (Å²) in [4.78, 5) is 4.91. The van der Waals surface area contributed by atoms with Gasteiger partial charge in [-0.3, -0.25) is 0 Å². The van der Waals surface area contributed by atoms with Gasteiger partial charge >= 0.3 is 0 Å². The van der Waals surface area contributed by atoms with Crippen LogP contribution in [-0.4, -0.2) is 67.4 Å². The van der Waals surface area contributed by atoms with Crippen molar-refractivity contribution in [3.8, 4) is 5.75 Å². The van der Waals surface area contributed by atoms with E-state index in [-0.39, 0.29) is 5.92 Å². The maximum Gasteiger partial charge on any atom is 0.118 e. The fourth-order valence-electron chi connectivity index (χ4n) is 4.22. The van der Waals surface area contributed by atoms with E-state index in [1.807, 2.05) is 12.1 Å². The van der Waals surface area contributed by atoms with E-state index in [1.54, 1.807) is 7.11 Å². The minimum Gasteiger partial charge on any atom is -0.497 e. The molecule has 1 saturated heterocycles. The highest BCUT2D eigenvalue weighted by atomic mass is 16.5. The van der Waals surface area contributed by atoms with Gasteiger partial charge in [0.25, 0.3) is 0 Å². The molecule has 1 aliphatic carbocycles. The van der Waals surface area contributed by atoms with Crippen LogP contribution in [0.4, 0.5) is 0 Å². The molecule has 1 aromatic carbocycles. The summed E-state index contributed by atoms with van der Waals surface area (Å²) >= 11 is 0. The summed E-state index contributed by atoms with van der Waals surface area (Å²) in [5, 5.41) is 11.4. The molecule has 2 fully saturated rings. The summed E-state index contributed by atoms with van der Waals surface area (Å²) in [5.74, 6) is 1.07. The van der Waals surface area contributed by atoms with Gasteiger partial charge in [-0.25, -0.2) is 0 Å². The molecule has 1 saturated carbocycles. The zero-order valence-corrected chi connectivity index (χ0v) is 15.2. The molecule has 0 spiro atoms. The standard InChI is InChI=1S/C20H32N2O2/c1-21-12-14-22(15-13-21)16-19(20(23)10-4-3-5-11-20)17-6-8-18(24-2)9-7-17/h6-9,19,23H,3-5,10-16H2,1-2H3. The predicted molar refractivity (Wildman–Crippen MR) is 97.7 cm³/mol. The number of aliphatic hydroxyl groups is 1. The molecule has 1 N–H and O–H groups in total. The molecule has 1 aromatic rings. The summed E-state index contributed by atoms with van der Waals surface area (Å²) in [5.41, 5.74) is 0.690. The van der Waals surface area contributed by atoms with E-state index in [9.17, 15) is 5.11 Å². The van der Waals surface area contributed by atoms with Gasteiger partial charge in [0.2, 0.25) is 0 Å². The zero-order chi connectivity index (χ0) is 17.0. The molecule has 134 valence electrons. The van der Waals surface area contributed by atoms with E-state index in [2.05, 4.69) is 29.0 Å². The number of piperazine rings is 1. The van der Waals surface area contributed by atoms with Crippen LogP contribution in [-0.2, 0) is 0 Å². The molecule has 0 radical (unpaired) electrons. The maximum absolute atomic E-state index is 11.4. The summed E-state index contributed by atoms with van der Waals surface area (Å²) < 4.78 is 5.30. The number of likely N-dealkylation sites (N-methyl/N-ethyl adjacent to an activating group) is 1. The van der Waals surface area contributed by atoms with Crippen molar-refractivity contribution in [2.24, 2.45) is 0 Å². The van der Waals surface area contributed by atoms with Gasteiger partial charge in [-0.15, -0.1) is 0 Å². The van der Waals surface area contributed by atoms with Gasteiger partial charge in [-0.2, -0.15) is 0 Å². The Balaban J connectivity index is 1.79. The number of methoxy groups -OCH3 is 1. The van der Waals surface area contributed by atoms with Crippen LogP contribution in [0, 0.1) is 0 Å². The largest absolute Gasteiger partial charge is 0.497 e. The average molecular weight is 332 g/mol. The van der Waals surface area contributed by atoms with Crippen molar-refractivity contribution in [1.82, 2.24) is 9.80 Å². The molecule has 0 bridgehead atoms. The molecule has 2 aliphatic rings. The first-order chi connectivity index (χ1) is 11.6. The molecule has 1 atom stereocenters. The molecule has 4 nitrogen and oxygen atoms in total. The summed E-state index contributed by atoms with van der Waals surface area (Å²) in [6.07, 6.45) is 5.40. The van der Waals surface area contributed by atoms with E-state index < -0.39 is 5.60 Å². The Bertz CT molecular complexity index is 503. The fraction of sp³-hybridized carbons (Fsp3) is 0.700. The Morgan fingerprint density at radius 3 is 2.25 bits per heavy atom. The molecule has 3 rings (SSSR count). The smallest absolute Gasteiger partial charge is 0.118 e. The second-order valence-electron chi connectivity index (χ2n) is 7.59. The summed E-state index contributed by atoms with van der Waals surface area (Å²) in [6.45, 7) is 5.39. The first kappa shape index (κ1) is 17.7. The van der Waals surface area contributed by atoms with Gasteiger partial charge in [0.15, 0.2) is 0 Å². The van der Waals surface area contributed by atoms with Crippen LogP contribution >= 0.6 is 0 Å². The number of hydrogen-bond donors (Lipinski definition) is 1. The van der Waals surface area contributed by atoms with Crippen LogP contribution in [0.2, 0.25) is 0 Å². The Morgan fingerprint density at radius 2 is 1.67 bits per heavy atom. The van der Waals surface area contributed by atoms with Crippen molar-refractivity contribution in [2.75, 3.05) is 46.9 Å². The number of benzene rings is 1. The van der Waals surface area contributed by atoms with Gasteiger partial charge in [0.1, 0.15) is 5.75 Å². The molecule has 24 heavy (non-hydrogen) atoms. The van der Waals surface area contributed by atoms with Crippen molar-refractivity contribution in [3.05, 3.63) is 29.8 Å². The zero-order valence-electron chi connectivity index (χ0n) is 15.2. The Hall–Kier alpha value is -1.10. The van der Waals surface area contributed by atoms with Gasteiger partial charge in [0.05, 0.1) is 12.7 Å². The Morgan fingerprint density at radius 1 is 1.04 bits per heavy atom. The van der Waals surface area contributed by atoms with Crippen LogP contribution in [0.5, 0.6) is 5.75 Å². The Labute approximate surface area is 146 Å². The highest BCUT2D eigenvalue weighted by Gasteiger charge is 2.39. The van der Waals surface area contributed by atoms with Crippen LogP contribution in [0.3, 0.4) is 0 Å². The maximum atomic E-state index is 11.4. The van der Waals surface area contributed by atoms with Gasteiger partial charge in [-0.1, -0.05) is 31.4 Å². The normalized spacial score (nSPS) is 23.8. The highest BCUT2D eigenvalue weighted by molar-refractivity contribution is 5.31. The quantitative estimate of drug-likeness (QED) is 0.899. The molecule has 0 amide bonds. The number of ether oxygens (including phenoxy) is 1. The van der Waals surface area contributed by atoms with E-state index in [1.165, 1.54) is 12.0 Å². The summed E-state index contributed by atoms with van der Waals surface area (Å²) in [6, 6.07) is 8.34. The lowest BCUT2D eigenvalue weighted by Crippen LogP contribution is -2.50. The second kappa shape index (κ2) is 7.85. The van der Waals surface area contributed by atoms with Gasteiger partial charge < -0.3 is 19.6 Å². The monoisotopic (exact) mass is 332 g/mol. The highest BCUT2D eigenvalue weighted by Crippen LogP contribution is 2.40. The van der Waals surface area contributed by atoms with Crippen molar-refractivity contribution in [3.63, 3.8) is 0 Å². The SMILES string of the molecule is COc1ccc(C(CN2CCN(C)CC2)C2(O)CCCCC2)cc1. The van der Waals surface area contributed by atoms with Crippen LogP contribution in [0.1, 0.15) is 43.6 Å². The third-order valence-corrected chi connectivity index (χ3v) is 5.92. The van der Waals surface area contributed by atoms with Crippen molar-refractivity contribution >= 4 is 0 Å². The summed E-state index contributed by atoms with van der Waals surface area (Å²) in [7, 11) is 3.89. The third-order valence-electron chi connectivity index (χ3n) is 5.92. The van der Waals surface area contributed by atoms with Crippen molar-refractivity contribution in [1.29, 1.82) is 0 Å². The predicted octanol–water partition coefficient (Wildman–Crippen LogP) is 2.72. The third kappa shape index (κ3) is 4.11. The van der Waals surface area contributed by atoms with E-state index in [4.69, 9.17) is 4.74 Å². The molecule has 4 heteroatoms.